The quantitative estimate of drug-likeness (QED) is 0.250. The van der Waals surface area contributed by atoms with Crippen molar-refractivity contribution in [1.29, 1.82) is 0 Å². The Bertz CT molecular complexity index is 1330. The van der Waals surface area contributed by atoms with Crippen molar-refractivity contribution in [3.05, 3.63) is 86.6 Å². The minimum absolute atomic E-state index is 0.00568. The molecule has 2 amide bonds. The summed E-state index contributed by atoms with van der Waals surface area (Å²) < 4.78 is 12.1. The molecule has 1 saturated carbocycles. The lowest BCUT2D eigenvalue weighted by Crippen LogP contribution is -2.27. The lowest BCUT2D eigenvalue weighted by molar-refractivity contribution is -0.117. The van der Waals surface area contributed by atoms with Gasteiger partial charge in [0.05, 0.1) is 32.2 Å². The second-order valence-corrected chi connectivity index (χ2v) is 10.7. The maximum atomic E-state index is 13.5. The van der Waals surface area contributed by atoms with E-state index < -0.39 is 33.8 Å². The van der Waals surface area contributed by atoms with Crippen molar-refractivity contribution in [2.24, 2.45) is 5.92 Å². The van der Waals surface area contributed by atoms with Crippen molar-refractivity contribution in [2.75, 3.05) is 23.0 Å². The molecule has 0 saturated heterocycles. The fraction of sp³-hybridized carbons (Fsp3) is 0.167. The number of nitrogens with zero attached hydrogens (tertiary/aromatic N) is 1. The van der Waals surface area contributed by atoms with Crippen LogP contribution in [-0.4, -0.2) is 23.2 Å². The predicted octanol–water partition coefficient (Wildman–Crippen LogP) is 7.17. The number of benzene rings is 3. The average molecular weight is 576 g/mol. The SMILES string of the molecule is CN(C(=O)c1c(Cl)ccc(NC(=O)[C@H]2[C@H](c3ccc(F)c(Cl)c3)C2(Cl)Cl)c1Cl)c1ccc(N)cc1. The Kier molecular flexibility index (Phi) is 7.15. The van der Waals surface area contributed by atoms with E-state index in [1.807, 2.05) is 0 Å². The van der Waals surface area contributed by atoms with Gasteiger partial charge in [0.15, 0.2) is 0 Å². The first-order valence-electron chi connectivity index (χ1n) is 10.2. The number of nitrogens with one attached hydrogen (secondary N) is 1. The number of hydrogen-bond acceptors (Lipinski definition) is 3. The van der Waals surface area contributed by atoms with E-state index in [2.05, 4.69) is 5.32 Å². The van der Waals surface area contributed by atoms with Crippen LogP contribution in [0.5, 0.6) is 0 Å². The molecule has 11 heteroatoms. The zero-order chi connectivity index (χ0) is 25.7. The molecule has 2 atom stereocenters. The van der Waals surface area contributed by atoms with Gasteiger partial charge in [0.1, 0.15) is 10.2 Å². The van der Waals surface area contributed by atoms with Crippen LogP contribution < -0.4 is 16.0 Å². The summed E-state index contributed by atoms with van der Waals surface area (Å²) in [6, 6.07) is 13.6. The van der Waals surface area contributed by atoms with E-state index in [-0.39, 0.29) is 26.3 Å². The van der Waals surface area contributed by atoms with E-state index in [0.29, 0.717) is 16.9 Å². The van der Waals surface area contributed by atoms with Gasteiger partial charge in [-0.05, 0) is 54.1 Å². The topological polar surface area (TPSA) is 75.4 Å². The van der Waals surface area contributed by atoms with Gasteiger partial charge in [-0.1, -0.05) is 40.9 Å². The van der Waals surface area contributed by atoms with Crippen LogP contribution in [0.15, 0.2) is 54.6 Å². The van der Waals surface area contributed by atoms with Gasteiger partial charge in [0, 0.05) is 24.3 Å². The standard InChI is InChI=1S/C24H17Cl5FN3O2/c1-33(13-5-3-12(31)4-6-13)23(35)18-14(25)7-9-17(21(18)27)32-22(34)20-19(24(20,28)29)11-2-8-16(30)15(26)10-11/h2-10,19-20H,31H2,1H3,(H,32,34)/t19-,20+/m0/s1. The Morgan fingerprint density at radius 2 is 1.66 bits per heavy atom. The second-order valence-electron chi connectivity index (χ2n) is 8.03. The van der Waals surface area contributed by atoms with Gasteiger partial charge < -0.3 is 16.0 Å². The molecule has 3 aromatic rings. The first-order valence-corrected chi connectivity index (χ1v) is 12.1. The van der Waals surface area contributed by atoms with E-state index in [9.17, 15) is 14.0 Å². The number of hydrogen-bond donors (Lipinski definition) is 2. The summed E-state index contributed by atoms with van der Waals surface area (Å²) in [7, 11) is 1.56. The Morgan fingerprint density at radius 3 is 2.29 bits per heavy atom. The highest BCUT2D eigenvalue weighted by Crippen LogP contribution is 2.65. The molecule has 0 unspecified atom stereocenters. The zero-order valence-corrected chi connectivity index (χ0v) is 21.7. The summed E-state index contributed by atoms with van der Waals surface area (Å²) in [5, 5.41) is 2.62. The lowest BCUT2D eigenvalue weighted by atomic mass is 10.1. The predicted molar refractivity (Wildman–Crippen MR) is 141 cm³/mol. The number of halogens is 6. The summed E-state index contributed by atoms with van der Waals surface area (Å²) in [4.78, 5) is 27.6. The molecule has 0 spiro atoms. The third-order valence-electron chi connectivity index (χ3n) is 5.79. The zero-order valence-electron chi connectivity index (χ0n) is 18.0. The van der Waals surface area contributed by atoms with Crippen LogP contribution in [0.3, 0.4) is 0 Å². The summed E-state index contributed by atoms with van der Waals surface area (Å²) in [5.74, 6) is -3.10. The fourth-order valence-electron chi connectivity index (χ4n) is 3.81. The first-order chi connectivity index (χ1) is 16.4. The van der Waals surface area contributed by atoms with Gasteiger partial charge in [-0.2, -0.15) is 0 Å². The maximum Gasteiger partial charge on any atom is 0.261 e. The minimum atomic E-state index is -1.43. The molecular weight excluding hydrogens is 559 g/mol. The molecule has 3 N–H and O–H groups in total. The molecule has 1 aliphatic carbocycles. The van der Waals surface area contributed by atoms with Crippen LogP contribution >= 0.6 is 58.0 Å². The molecule has 3 aromatic carbocycles. The lowest BCUT2D eigenvalue weighted by Gasteiger charge is -2.20. The maximum absolute atomic E-state index is 13.5. The molecule has 0 aromatic heterocycles. The number of nitrogens with two attached hydrogens (primary N) is 1. The highest BCUT2D eigenvalue weighted by molar-refractivity contribution is 6.53. The highest BCUT2D eigenvalue weighted by atomic mass is 35.5. The van der Waals surface area contributed by atoms with Crippen LogP contribution in [0.1, 0.15) is 21.8 Å². The van der Waals surface area contributed by atoms with Crippen LogP contribution in [-0.2, 0) is 4.79 Å². The molecule has 1 aliphatic rings. The number of carbonyl (C=O) groups excluding carboxylic acids is 2. The van der Waals surface area contributed by atoms with Gasteiger partial charge in [-0.3, -0.25) is 9.59 Å². The molecule has 5 nitrogen and oxygen atoms in total. The summed E-state index contributed by atoms with van der Waals surface area (Å²) in [6.45, 7) is 0. The number of alkyl halides is 2. The molecular formula is C24H17Cl5FN3O2. The Balaban J connectivity index is 1.58. The number of anilines is 3. The Hall–Kier alpha value is -2.22. The largest absolute Gasteiger partial charge is 0.399 e. The van der Waals surface area contributed by atoms with Crippen molar-refractivity contribution >= 4 is 86.9 Å². The Morgan fingerprint density at radius 1 is 1.00 bits per heavy atom. The number of carbonyl (C=O) groups is 2. The van der Waals surface area contributed by atoms with Crippen LogP contribution in [0.4, 0.5) is 21.5 Å². The molecule has 0 radical (unpaired) electrons. The molecule has 1 fully saturated rings. The number of rotatable bonds is 5. The van der Waals surface area contributed by atoms with Crippen LogP contribution in [0.2, 0.25) is 15.1 Å². The highest BCUT2D eigenvalue weighted by Gasteiger charge is 2.67. The van der Waals surface area contributed by atoms with Crippen molar-refractivity contribution in [3.8, 4) is 0 Å². The van der Waals surface area contributed by atoms with Gasteiger partial charge in [-0.25, -0.2) is 4.39 Å². The van der Waals surface area contributed by atoms with Crippen molar-refractivity contribution in [1.82, 2.24) is 0 Å². The van der Waals surface area contributed by atoms with Crippen LogP contribution in [0.25, 0.3) is 0 Å². The molecule has 182 valence electrons. The molecule has 4 rings (SSSR count). The van der Waals surface area contributed by atoms with Gasteiger partial charge in [-0.15, -0.1) is 23.2 Å². The van der Waals surface area contributed by atoms with Gasteiger partial charge in [0.25, 0.3) is 5.91 Å². The van der Waals surface area contributed by atoms with E-state index in [1.165, 1.54) is 35.2 Å². The number of nitrogen functional groups attached to an aromatic ring is 1. The number of amides is 2. The third-order valence-corrected chi connectivity index (χ3v) is 7.72. The summed E-state index contributed by atoms with van der Waals surface area (Å²) in [5.41, 5.74) is 7.50. The first kappa shape index (κ1) is 25.9. The van der Waals surface area contributed by atoms with E-state index in [1.54, 1.807) is 31.3 Å². The smallest absolute Gasteiger partial charge is 0.261 e. The van der Waals surface area contributed by atoms with Gasteiger partial charge in [0.2, 0.25) is 5.91 Å². The summed E-state index contributed by atoms with van der Waals surface area (Å²) in [6.07, 6.45) is 0. The fourth-order valence-corrected chi connectivity index (χ4v) is 5.41. The second kappa shape index (κ2) is 9.68. The van der Waals surface area contributed by atoms with Crippen LogP contribution in [0, 0.1) is 11.7 Å². The minimum Gasteiger partial charge on any atom is -0.399 e. The molecule has 35 heavy (non-hydrogen) atoms. The third kappa shape index (κ3) is 4.91. The van der Waals surface area contributed by atoms with Crippen molar-refractivity contribution in [3.63, 3.8) is 0 Å². The van der Waals surface area contributed by atoms with E-state index in [0.717, 1.165) is 0 Å². The van der Waals surface area contributed by atoms with E-state index >= 15 is 0 Å². The van der Waals surface area contributed by atoms with Crippen molar-refractivity contribution in [2.45, 2.75) is 10.3 Å². The molecule has 0 heterocycles. The Labute approximate surface area is 225 Å². The monoisotopic (exact) mass is 573 g/mol. The molecule has 0 bridgehead atoms. The average Bonchev–Trinajstić information content (AvgIpc) is 3.39. The molecule has 0 aliphatic heterocycles. The summed E-state index contributed by atoms with van der Waals surface area (Å²) >= 11 is 31.4. The van der Waals surface area contributed by atoms with Gasteiger partial charge >= 0.3 is 0 Å². The normalized spacial score (nSPS) is 18.1. The van der Waals surface area contributed by atoms with Crippen molar-refractivity contribution < 1.29 is 14.0 Å². The van der Waals surface area contributed by atoms with E-state index in [4.69, 9.17) is 63.7 Å².